The topological polar surface area (TPSA) is 24.1 Å². The van der Waals surface area contributed by atoms with E-state index in [0.29, 0.717) is 17.8 Å². The second-order valence-electron chi connectivity index (χ2n) is 13.6. The highest BCUT2D eigenvalue weighted by Gasteiger charge is 2.59. The van der Waals surface area contributed by atoms with Crippen LogP contribution < -0.4 is 10.6 Å². The van der Waals surface area contributed by atoms with Gasteiger partial charge in [-0.15, -0.1) is 0 Å². The normalized spacial score (nSPS) is 41.9. The summed E-state index contributed by atoms with van der Waals surface area (Å²) in [4.78, 5) is 0. The number of piperidine rings is 1. The first-order valence-corrected chi connectivity index (χ1v) is 12.1. The number of hydrogen-bond acceptors (Lipinski definition) is 2. The van der Waals surface area contributed by atoms with E-state index in [-0.39, 0.29) is 27.6 Å². The number of allylic oxidation sites excluding steroid dienone is 5. The second-order valence-corrected chi connectivity index (χ2v) is 13.6. The van der Waals surface area contributed by atoms with Crippen molar-refractivity contribution in [3.8, 4) is 0 Å². The minimum absolute atomic E-state index is 0.0581. The molecule has 0 aromatic rings. The highest BCUT2D eigenvalue weighted by molar-refractivity contribution is 5.49. The molecule has 1 saturated heterocycles. The molecular weight excluding hydrogens is 364 g/mol. The summed E-state index contributed by atoms with van der Waals surface area (Å²) >= 11 is 0. The molecule has 2 aliphatic heterocycles. The Morgan fingerprint density at radius 2 is 1.43 bits per heavy atom. The minimum Gasteiger partial charge on any atom is -0.306 e. The zero-order chi connectivity index (χ0) is 21.7. The van der Waals surface area contributed by atoms with Crippen LogP contribution in [0.25, 0.3) is 0 Å². The molecule has 2 heteroatoms. The van der Waals surface area contributed by atoms with Gasteiger partial charge < -0.3 is 10.6 Å². The quantitative estimate of drug-likeness (QED) is 0.516. The maximum Gasteiger partial charge on any atom is 0.0314 e. The van der Waals surface area contributed by atoms with E-state index < -0.39 is 0 Å². The lowest BCUT2D eigenvalue weighted by Gasteiger charge is -2.47. The van der Waals surface area contributed by atoms with Crippen LogP contribution in [0.15, 0.2) is 47.1 Å². The average molecular weight is 407 g/mol. The van der Waals surface area contributed by atoms with Crippen LogP contribution in [0.1, 0.15) is 81.1 Å². The fourth-order valence-corrected chi connectivity index (χ4v) is 8.29. The Kier molecular flexibility index (Phi) is 4.16. The van der Waals surface area contributed by atoms with Gasteiger partial charge >= 0.3 is 0 Å². The number of rotatable bonds is 1. The number of hydrogen-bond donors (Lipinski definition) is 2. The van der Waals surface area contributed by atoms with Crippen molar-refractivity contribution in [2.75, 3.05) is 0 Å². The molecule has 5 rings (SSSR count). The molecule has 0 spiro atoms. The summed E-state index contributed by atoms with van der Waals surface area (Å²) in [5.41, 5.74) is 5.88. The molecule has 0 radical (unpaired) electrons. The first-order valence-electron chi connectivity index (χ1n) is 12.1. The van der Waals surface area contributed by atoms with Gasteiger partial charge in [-0.3, -0.25) is 0 Å². The van der Waals surface area contributed by atoms with Crippen LogP contribution in [0.3, 0.4) is 0 Å². The first kappa shape index (κ1) is 20.8. The van der Waals surface area contributed by atoms with E-state index in [0.717, 1.165) is 6.42 Å². The molecule has 2 fully saturated rings. The standard InChI is InChI=1S/C28H42N2/c1-24(2)13-19(14-25(3,4)29-24)21-9-10-22-23(21)18-11-12-28(22,15-18)20-16-26(5,6)30-27(7,8)17-20/h9-12,16,18,22-23,29-30H,13-15,17H2,1-8H3/t18-,22+,23+,28+/m0/s1. The predicted molar refractivity (Wildman–Crippen MR) is 127 cm³/mol. The minimum atomic E-state index is 0.0581. The van der Waals surface area contributed by atoms with Gasteiger partial charge in [0.05, 0.1) is 0 Å². The third-order valence-corrected chi connectivity index (χ3v) is 8.32. The molecule has 0 aromatic heterocycles. The van der Waals surface area contributed by atoms with Gasteiger partial charge in [0.15, 0.2) is 0 Å². The van der Waals surface area contributed by atoms with Crippen molar-refractivity contribution in [3.05, 3.63) is 47.1 Å². The molecule has 164 valence electrons. The van der Waals surface area contributed by atoms with Gasteiger partial charge in [-0.1, -0.05) is 41.5 Å². The van der Waals surface area contributed by atoms with Crippen molar-refractivity contribution in [3.63, 3.8) is 0 Å². The number of fused-ring (bicyclic) bond motifs is 5. The Bertz CT molecular complexity index is 874. The van der Waals surface area contributed by atoms with E-state index in [9.17, 15) is 0 Å². The van der Waals surface area contributed by atoms with Crippen LogP contribution in [0.4, 0.5) is 0 Å². The summed E-state index contributed by atoms with van der Waals surface area (Å²) < 4.78 is 0. The molecule has 2 heterocycles. The average Bonchev–Trinajstić information content (AvgIpc) is 3.21. The van der Waals surface area contributed by atoms with Crippen LogP contribution >= 0.6 is 0 Å². The van der Waals surface area contributed by atoms with Gasteiger partial charge in [0, 0.05) is 27.6 Å². The van der Waals surface area contributed by atoms with Crippen molar-refractivity contribution in [1.82, 2.24) is 10.6 Å². The summed E-state index contributed by atoms with van der Waals surface area (Å²) in [6, 6.07) is 0. The van der Waals surface area contributed by atoms with Crippen LogP contribution in [0.5, 0.6) is 0 Å². The lowest BCUT2D eigenvalue weighted by atomic mass is 9.64. The van der Waals surface area contributed by atoms with Gasteiger partial charge in [-0.05, 0) is 104 Å². The maximum absolute atomic E-state index is 3.87. The molecule has 0 amide bonds. The van der Waals surface area contributed by atoms with Crippen molar-refractivity contribution < 1.29 is 0 Å². The van der Waals surface area contributed by atoms with Crippen molar-refractivity contribution in [2.45, 2.75) is 103 Å². The van der Waals surface area contributed by atoms with E-state index in [1.807, 2.05) is 0 Å². The van der Waals surface area contributed by atoms with Crippen molar-refractivity contribution >= 4 is 0 Å². The summed E-state index contributed by atoms with van der Waals surface area (Å²) in [5.74, 6) is 2.04. The zero-order valence-electron chi connectivity index (χ0n) is 20.4. The van der Waals surface area contributed by atoms with E-state index in [1.165, 1.54) is 19.3 Å². The number of nitrogens with one attached hydrogen (secondary N) is 2. The predicted octanol–water partition coefficient (Wildman–Crippen LogP) is 6.08. The van der Waals surface area contributed by atoms with Crippen molar-refractivity contribution in [1.29, 1.82) is 0 Å². The monoisotopic (exact) mass is 406 g/mol. The Morgan fingerprint density at radius 3 is 2.07 bits per heavy atom. The highest BCUT2D eigenvalue weighted by Crippen LogP contribution is 2.66. The largest absolute Gasteiger partial charge is 0.306 e. The van der Waals surface area contributed by atoms with Crippen LogP contribution in [-0.4, -0.2) is 22.2 Å². The van der Waals surface area contributed by atoms with E-state index in [4.69, 9.17) is 0 Å². The SMILES string of the molecule is CC1(C)C=C([C@@]23C=C[C@@H](C2)[C@@H]2C(=C4CC(C)(C)NC(C)(C)C4)C=C[C@H]23)CC(C)(C)N1. The van der Waals surface area contributed by atoms with Gasteiger partial charge in [-0.25, -0.2) is 0 Å². The fourth-order valence-electron chi connectivity index (χ4n) is 8.29. The third kappa shape index (κ3) is 3.21. The lowest BCUT2D eigenvalue weighted by Crippen LogP contribution is -2.56. The molecule has 2 N–H and O–H groups in total. The van der Waals surface area contributed by atoms with E-state index in [2.05, 4.69) is 96.4 Å². The molecule has 2 bridgehead atoms. The smallest absolute Gasteiger partial charge is 0.0314 e. The van der Waals surface area contributed by atoms with Gasteiger partial charge in [0.25, 0.3) is 0 Å². The Hall–Kier alpha value is -1.12. The third-order valence-electron chi connectivity index (χ3n) is 8.32. The maximum atomic E-state index is 3.87. The van der Waals surface area contributed by atoms with Gasteiger partial charge in [-0.2, -0.15) is 0 Å². The van der Waals surface area contributed by atoms with E-state index >= 15 is 0 Å². The van der Waals surface area contributed by atoms with E-state index in [1.54, 1.807) is 16.7 Å². The molecule has 3 aliphatic carbocycles. The molecule has 1 saturated carbocycles. The zero-order valence-corrected chi connectivity index (χ0v) is 20.4. The molecule has 0 unspecified atom stereocenters. The van der Waals surface area contributed by atoms with Crippen LogP contribution in [0, 0.1) is 23.2 Å². The Balaban J connectivity index is 1.53. The molecule has 2 nitrogen and oxygen atoms in total. The molecule has 0 aromatic carbocycles. The summed E-state index contributed by atoms with van der Waals surface area (Å²) in [7, 11) is 0. The lowest BCUT2D eigenvalue weighted by molar-refractivity contribution is 0.219. The van der Waals surface area contributed by atoms with Crippen LogP contribution in [0.2, 0.25) is 0 Å². The molecule has 4 atom stereocenters. The molecule has 30 heavy (non-hydrogen) atoms. The van der Waals surface area contributed by atoms with Gasteiger partial charge in [0.1, 0.15) is 0 Å². The Labute approximate surface area is 184 Å². The van der Waals surface area contributed by atoms with Crippen LogP contribution in [-0.2, 0) is 0 Å². The first-order chi connectivity index (χ1) is 13.7. The molecule has 5 aliphatic rings. The summed E-state index contributed by atoms with van der Waals surface area (Å²) in [6.45, 7) is 18.9. The van der Waals surface area contributed by atoms with Crippen molar-refractivity contribution in [2.24, 2.45) is 23.2 Å². The van der Waals surface area contributed by atoms with Gasteiger partial charge in [0.2, 0.25) is 0 Å². The summed E-state index contributed by atoms with van der Waals surface area (Å²) in [6.07, 6.45) is 17.7. The second kappa shape index (κ2) is 6.01. The fraction of sp³-hybridized carbons (Fsp3) is 0.714. The summed E-state index contributed by atoms with van der Waals surface area (Å²) in [5, 5.41) is 7.71. The highest BCUT2D eigenvalue weighted by atomic mass is 15.0. The Morgan fingerprint density at radius 1 is 0.800 bits per heavy atom. The molecular formula is C28H42N2.